The van der Waals surface area contributed by atoms with Gasteiger partial charge >= 0.3 is 0 Å². The fraction of sp³-hybridized carbons (Fsp3) is 0.300. The molecule has 4 rings (SSSR count). The quantitative estimate of drug-likeness (QED) is 0.851. The van der Waals surface area contributed by atoms with E-state index in [2.05, 4.69) is 27.3 Å². The number of carbonyl (C=O) groups excluding carboxylic acids is 2. The second-order valence-electron chi connectivity index (χ2n) is 6.77. The molecule has 2 amide bonds. The molecule has 2 aromatic carbocycles. The number of anilines is 2. The van der Waals surface area contributed by atoms with Crippen molar-refractivity contribution in [1.29, 1.82) is 0 Å². The Morgan fingerprint density at radius 1 is 1.16 bits per heavy atom. The predicted molar refractivity (Wildman–Crippen MR) is 102 cm³/mol. The number of hydrogen-bond acceptors (Lipinski definition) is 2. The Bertz CT molecular complexity index is 865. The molecule has 25 heavy (non-hydrogen) atoms. The van der Waals surface area contributed by atoms with E-state index in [0.29, 0.717) is 13.0 Å². The molecule has 1 N–H and O–H groups in total. The third-order valence-electron chi connectivity index (χ3n) is 5.04. The van der Waals surface area contributed by atoms with E-state index in [1.165, 1.54) is 5.56 Å². The van der Waals surface area contributed by atoms with Crippen molar-refractivity contribution < 1.29 is 9.59 Å². The van der Waals surface area contributed by atoms with E-state index in [1.807, 2.05) is 48.2 Å². The molecule has 2 unspecified atom stereocenters. The number of hydrogen-bond donors (Lipinski definition) is 1. The van der Waals surface area contributed by atoms with Gasteiger partial charge in [0, 0.05) is 22.4 Å². The van der Waals surface area contributed by atoms with Crippen LogP contribution in [-0.4, -0.2) is 18.4 Å². The molecule has 4 nitrogen and oxygen atoms in total. The van der Waals surface area contributed by atoms with Crippen LogP contribution in [0.4, 0.5) is 11.4 Å². The van der Waals surface area contributed by atoms with Gasteiger partial charge < -0.3 is 10.2 Å². The molecule has 2 aromatic rings. The van der Waals surface area contributed by atoms with Gasteiger partial charge in [0.1, 0.15) is 0 Å². The fourth-order valence-corrected chi connectivity index (χ4v) is 3.81. The van der Waals surface area contributed by atoms with Gasteiger partial charge in [-0.15, -0.1) is 0 Å². The van der Waals surface area contributed by atoms with Gasteiger partial charge in [0.05, 0.1) is 11.8 Å². The number of aryl methyl sites for hydroxylation is 1. The molecular formula is C20H19BrN2O2. The maximum atomic E-state index is 12.8. The molecule has 0 aromatic heterocycles. The van der Waals surface area contributed by atoms with Crippen LogP contribution in [0.3, 0.4) is 0 Å². The van der Waals surface area contributed by atoms with Crippen LogP contribution in [0.15, 0.2) is 46.9 Å². The molecule has 1 aliphatic heterocycles. The first-order chi connectivity index (χ1) is 12.0. The van der Waals surface area contributed by atoms with Gasteiger partial charge in [-0.05, 0) is 49.1 Å². The number of amides is 2. The Morgan fingerprint density at radius 2 is 1.96 bits per heavy atom. The van der Waals surface area contributed by atoms with E-state index in [1.54, 1.807) is 0 Å². The van der Waals surface area contributed by atoms with E-state index < -0.39 is 0 Å². The second kappa shape index (κ2) is 6.30. The van der Waals surface area contributed by atoms with E-state index in [0.717, 1.165) is 27.8 Å². The summed E-state index contributed by atoms with van der Waals surface area (Å²) in [6.45, 7) is 2.72. The zero-order valence-corrected chi connectivity index (χ0v) is 15.5. The minimum atomic E-state index is -0.222. The summed E-state index contributed by atoms with van der Waals surface area (Å²) < 4.78 is 0.961. The van der Waals surface area contributed by atoms with Crippen LogP contribution in [0.1, 0.15) is 17.5 Å². The number of para-hydroxylation sites is 1. The maximum absolute atomic E-state index is 12.8. The molecule has 0 spiro atoms. The highest BCUT2D eigenvalue weighted by atomic mass is 79.9. The van der Waals surface area contributed by atoms with Gasteiger partial charge in [-0.1, -0.05) is 40.2 Å². The molecule has 0 saturated heterocycles. The van der Waals surface area contributed by atoms with Crippen molar-refractivity contribution in [3.8, 4) is 0 Å². The molecule has 1 saturated carbocycles. The van der Waals surface area contributed by atoms with Gasteiger partial charge in [-0.2, -0.15) is 0 Å². The molecule has 1 fully saturated rings. The zero-order valence-electron chi connectivity index (χ0n) is 14.0. The number of nitrogens with zero attached hydrogens (tertiary/aromatic N) is 1. The lowest BCUT2D eigenvalue weighted by Crippen LogP contribution is -2.31. The minimum Gasteiger partial charge on any atom is -0.326 e. The highest BCUT2D eigenvalue weighted by Gasteiger charge is 2.50. The average Bonchev–Trinajstić information content (AvgIpc) is 3.30. The van der Waals surface area contributed by atoms with Crippen LogP contribution in [0.2, 0.25) is 0 Å². The number of carbonyl (C=O) groups is 2. The highest BCUT2D eigenvalue weighted by Crippen LogP contribution is 2.43. The van der Waals surface area contributed by atoms with E-state index in [4.69, 9.17) is 0 Å². The standard InChI is InChI=1S/C20H19BrN2O2/c1-12-6-7-14(10-17(12)21)22-19(24)15-11-16(15)20(25)23-9-8-13-4-2-3-5-18(13)23/h2-7,10,15-16H,8-9,11H2,1H3,(H,22,24). The van der Waals surface area contributed by atoms with Crippen molar-refractivity contribution in [1.82, 2.24) is 0 Å². The van der Waals surface area contributed by atoms with Gasteiger partial charge in [0.15, 0.2) is 0 Å². The summed E-state index contributed by atoms with van der Waals surface area (Å²) in [5, 5.41) is 2.93. The normalized spacial score (nSPS) is 21.0. The van der Waals surface area contributed by atoms with Crippen LogP contribution in [-0.2, 0) is 16.0 Å². The van der Waals surface area contributed by atoms with Crippen LogP contribution < -0.4 is 10.2 Å². The molecule has 2 aliphatic rings. The Kier molecular flexibility index (Phi) is 4.12. The number of halogens is 1. The summed E-state index contributed by atoms with van der Waals surface area (Å²) in [6, 6.07) is 13.7. The van der Waals surface area contributed by atoms with E-state index in [9.17, 15) is 9.59 Å². The predicted octanol–water partition coefficient (Wildman–Crippen LogP) is 3.92. The number of rotatable bonds is 3. The highest BCUT2D eigenvalue weighted by molar-refractivity contribution is 9.10. The first-order valence-electron chi connectivity index (χ1n) is 8.51. The van der Waals surface area contributed by atoms with Crippen LogP contribution >= 0.6 is 15.9 Å². The summed E-state index contributed by atoms with van der Waals surface area (Å²) >= 11 is 3.47. The first-order valence-corrected chi connectivity index (χ1v) is 9.30. The number of nitrogens with one attached hydrogen (secondary N) is 1. The van der Waals surface area contributed by atoms with Gasteiger partial charge in [-0.25, -0.2) is 0 Å². The Balaban J connectivity index is 1.41. The third-order valence-corrected chi connectivity index (χ3v) is 5.89. The molecule has 1 heterocycles. The molecule has 0 bridgehead atoms. The van der Waals surface area contributed by atoms with Gasteiger partial charge in [0.25, 0.3) is 0 Å². The summed E-state index contributed by atoms with van der Waals surface area (Å²) in [6.07, 6.45) is 1.53. The molecule has 5 heteroatoms. The zero-order chi connectivity index (χ0) is 17.6. The van der Waals surface area contributed by atoms with Crippen molar-refractivity contribution in [2.45, 2.75) is 19.8 Å². The largest absolute Gasteiger partial charge is 0.326 e. The van der Waals surface area contributed by atoms with Crippen molar-refractivity contribution in [3.63, 3.8) is 0 Å². The summed E-state index contributed by atoms with van der Waals surface area (Å²) in [4.78, 5) is 27.1. The molecular weight excluding hydrogens is 380 g/mol. The third kappa shape index (κ3) is 3.09. The van der Waals surface area contributed by atoms with Gasteiger partial charge in [0.2, 0.25) is 11.8 Å². The van der Waals surface area contributed by atoms with Crippen molar-refractivity contribution in [3.05, 3.63) is 58.1 Å². The Hall–Kier alpha value is -2.14. The van der Waals surface area contributed by atoms with Crippen LogP contribution in [0.25, 0.3) is 0 Å². The monoisotopic (exact) mass is 398 g/mol. The molecule has 2 atom stereocenters. The SMILES string of the molecule is Cc1ccc(NC(=O)C2CC2C(=O)N2CCc3ccccc32)cc1Br. The first kappa shape index (κ1) is 16.3. The second-order valence-corrected chi connectivity index (χ2v) is 7.62. The maximum Gasteiger partial charge on any atom is 0.230 e. The molecule has 0 radical (unpaired) electrons. The molecule has 128 valence electrons. The lowest BCUT2D eigenvalue weighted by molar-refractivity contribution is -0.123. The van der Waals surface area contributed by atoms with Crippen molar-refractivity contribution in [2.75, 3.05) is 16.8 Å². The number of fused-ring (bicyclic) bond motifs is 1. The average molecular weight is 399 g/mol. The smallest absolute Gasteiger partial charge is 0.230 e. The summed E-state index contributed by atoms with van der Waals surface area (Å²) in [5.41, 5.74) is 4.08. The summed E-state index contributed by atoms with van der Waals surface area (Å²) in [5.74, 6) is -0.405. The fourth-order valence-electron chi connectivity index (χ4n) is 3.43. The lowest BCUT2D eigenvalue weighted by atomic mass is 10.2. The minimum absolute atomic E-state index is 0.0680. The topological polar surface area (TPSA) is 49.4 Å². The van der Waals surface area contributed by atoms with Crippen molar-refractivity contribution >= 4 is 39.1 Å². The van der Waals surface area contributed by atoms with Crippen molar-refractivity contribution in [2.24, 2.45) is 11.8 Å². The van der Waals surface area contributed by atoms with Crippen LogP contribution in [0, 0.1) is 18.8 Å². The van der Waals surface area contributed by atoms with E-state index in [-0.39, 0.29) is 23.7 Å². The Morgan fingerprint density at radius 3 is 2.76 bits per heavy atom. The molecule has 1 aliphatic carbocycles. The Labute approximate surface area is 155 Å². The van der Waals surface area contributed by atoms with Gasteiger partial charge in [-0.3, -0.25) is 9.59 Å². The summed E-state index contributed by atoms with van der Waals surface area (Å²) in [7, 11) is 0. The lowest BCUT2D eigenvalue weighted by Gasteiger charge is -2.17. The van der Waals surface area contributed by atoms with Crippen LogP contribution in [0.5, 0.6) is 0 Å². The van der Waals surface area contributed by atoms with E-state index >= 15 is 0 Å². The number of benzene rings is 2.